The molecular formula is C15H20N2O2. The first-order valence-corrected chi connectivity index (χ1v) is 6.80. The average molecular weight is 260 g/mol. The van der Waals surface area contributed by atoms with Crippen molar-refractivity contribution in [2.24, 2.45) is 0 Å². The number of para-hydroxylation sites is 2. The van der Waals surface area contributed by atoms with Gasteiger partial charge in [0, 0.05) is 5.92 Å². The Morgan fingerprint density at radius 2 is 2.16 bits per heavy atom. The number of hydrogen-bond donors (Lipinski definition) is 1. The number of benzene rings is 1. The Bertz CT molecular complexity index is 575. The Kier molecular flexibility index (Phi) is 4.20. The Morgan fingerprint density at radius 1 is 1.42 bits per heavy atom. The van der Waals surface area contributed by atoms with Gasteiger partial charge in [-0.2, -0.15) is 0 Å². The highest BCUT2D eigenvalue weighted by atomic mass is 16.4. The Morgan fingerprint density at radius 3 is 2.84 bits per heavy atom. The summed E-state index contributed by atoms with van der Waals surface area (Å²) in [6.07, 6.45) is 3.32. The minimum absolute atomic E-state index is 0.0215. The number of unbranched alkanes of at least 4 members (excludes halogenated alkanes) is 1. The third kappa shape index (κ3) is 2.95. The number of nitrogens with zero attached hydrogens (tertiary/aromatic N) is 2. The van der Waals surface area contributed by atoms with E-state index in [1.165, 1.54) is 0 Å². The van der Waals surface area contributed by atoms with Crippen LogP contribution in [0.4, 0.5) is 0 Å². The van der Waals surface area contributed by atoms with Gasteiger partial charge in [-0.15, -0.1) is 0 Å². The van der Waals surface area contributed by atoms with Gasteiger partial charge in [-0.1, -0.05) is 38.8 Å². The molecule has 0 bridgehead atoms. The number of imidazole rings is 1. The molecule has 1 N–H and O–H groups in total. The lowest BCUT2D eigenvalue weighted by Gasteiger charge is -2.12. The molecule has 0 spiro atoms. The molecule has 1 atom stereocenters. The van der Waals surface area contributed by atoms with Crippen molar-refractivity contribution in [3.8, 4) is 0 Å². The van der Waals surface area contributed by atoms with Crippen LogP contribution in [-0.2, 0) is 11.3 Å². The molecule has 2 aromatic rings. The maximum absolute atomic E-state index is 11.1. The summed E-state index contributed by atoms with van der Waals surface area (Å²) >= 11 is 0. The second-order valence-electron chi connectivity index (χ2n) is 4.98. The lowest BCUT2D eigenvalue weighted by atomic mass is 10.0. The normalized spacial score (nSPS) is 12.7. The van der Waals surface area contributed by atoms with E-state index in [-0.39, 0.29) is 12.5 Å². The van der Waals surface area contributed by atoms with E-state index in [1.54, 1.807) is 0 Å². The molecule has 4 nitrogen and oxygen atoms in total. The summed E-state index contributed by atoms with van der Waals surface area (Å²) < 4.78 is 1.83. The van der Waals surface area contributed by atoms with Crippen LogP contribution in [0, 0.1) is 0 Å². The van der Waals surface area contributed by atoms with Gasteiger partial charge in [0.1, 0.15) is 12.4 Å². The SMILES string of the molecule is CCCCC(C)c1nc2ccccc2n1CC(=O)O. The van der Waals surface area contributed by atoms with Crippen molar-refractivity contribution in [1.29, 1.82) is 0 Å². The molecule has 0 aliphatic heterocycles. The van der Waals surface area contributed by atoms with Crippen molar-refractivity contribution in [2.45, 2.75) is 45.6 Å². The first kappa shape index (κ1) is 13.6. The number of rotatable bonds is 6. The fraction of sp³-hybridized carbons (Fsp3) is 0.467. The van der Waals surface area contributed by atoms with E-state index in [1.807, 2.05) is 28.8 Å². The molecule has 0 fully saturated rings. The second-order valence-corrected chi connectivity index (χ2v) is 4.98. The zero-order valence-corrected chi connectivity index (χ0v) is 11.5. The van der Waals surface area contributed by atoms with Gasteiger partial charge in [0.25, 0.3) is 0 Å². The summed E-state index contributed by atoms with van der Waals surface area (Å²) in [4.78, 5) is 15.7. The molecule has 0 amide bonds. The largest absolute Gasteiger partial charge is 0.480 e. The number of aliphatic carboxylic acids is 1. The van der Waals surface area contributed by atoms with Crippen LogP contribution >= 0.6 is 0 Å². The molecule has 0 aliphatic carbocycles. The summed E-state index contributed by atoms with van der Waals surface area (Å²) in [5, 5.41) is 9.08. The van der Waals surface area contributed by atoms with Gasteiger partial charge in [0.2, 0.25) is 0 Å². The lowest BCUT2D eigenvalue weighted by Crippen LogP contribution is -2.13. The van der Waals surface area contributed by atoms with Crippen molar-refractivity contribution in [3.63, 3.8) is 0 Å². The first-order chi connectivity index (χ1) is 9.13. The third-order valence-corrected chi connectivity index (χ3v) is 3.41. The average Bonchev–Trinajstić information content (AvgIpc) is 2.74. The van der Waals surface area contributed by atoms with E-state index in [4.69, 9.17) is 5.11 Å². The second kappa shape index (κ2) is 5.87. The third-order valence-electron chi connectivity index (χ3n) is 3.41. The van der Waals surface area contributed by atoms with Crippen LogP contribution in [0.3, 0.4) is 0 Å². The number of carbonyl (C=O) groups is 1. The molecule has 1 aromatic heterocycles. The topological polar surface area (TPSA) is 55.1 Å². The highest BCUT2D eigenvalue weighted by molar-refractivity contribution is 5.78. The molecule has 0 radical (unpaired) electrons. The molecule has 0 aliphatic rings. The van der Waals surface area contributed by atoms with Crippen LogP contribution in [0.15, 0.2) is 24.3 Å². The van der Waals surface area contributed by atoms with E-state index in [2.05, 4.69) is 18.8 Å². The monoisotopic (exact) mass is 260 g/mol. The Balaban J connectivity index is 2.43. The van der Waals surface area contributed by atoms with E-state index in [9.17, 15) is 4.79 Å². The van der Waals surface area contributed by atoms with Crippen LogP contribution in [0.2, 0.25) is 0 Å². The highest BCUT2D eigenvalue weighted by Gasteiger charge is 2.17. The van der Waals surface area contributed by atoms with Gasteiger partial charge in [0.05, 0.1) is 11.0 Å². The van der Waals surface area contributed by atoms with Crippen molar-refractivity contribution in [3.05, 3.63) is 30.1 Å². The molecule has 0 saturated carbocycles. The minimum Gasteiger partial charge on any atom is -0.480 e. The van der Waals surface area contributed by atoms with Crippen LogP contribution in [-0.4, -0.2) is 20.6 Å². The minimum atomic E-state index is -0.827. The van der Waals surface area contributed by atoms with Crippen molar-refractivity contribution >= 4 is 17.0 Å². The van der Waals surface area contributed by atoms with E-state index in [0.717, 1.165) is 36.1 Å². The highest BCUT2D eigenvalue weighted by Crippen LogP contribution is 2.25. The molecule has 2 rings (SSSR count). The summed E-state index contributed by atoms with van der Waals surface area (Å²) in [6, 6.07) is 7.72. The number of carboxylic acids is 1. The molecule has 1 aromatic carbocycles. The van der Waals surface area contributed by atoms with Crippen molar-refractivity contribution in [2.75, 3.05) is 0 Å². The van der Waals surface area contributed by atoms with Crippen LogP contribution in [0.25, 0.3) is 11.0 Å². The van der Waals surface area contributed by atoms with Gasteiger partial charge in [-0.3, -0.25) is 4.79 Å². The van der Waals surface area contributed by atoms with Gasteiger partial charge in [-0.05, 0) is 18.6 Å². The van der Waals surface area contributed by atoms with Crippen molar-refractivity contribution < 1.29 is 9.90 Å². The molecule has 102 valence electrons. The Labute approximate surface area is 113 Å². The maximum atomic E-state index is 11.1. The fourth-order valence-electron chi connectivity index (χ4n) is 2.41. The summed E-state index contributed by atoms with van der Waals surface area (Å²) in [7, 11) is 0. The zero-order chi connectivity index (χ0) is 13.8. The van der Waals surface area contributed by atoms with Gasteiger partial charge in [0.15, 0.2) is 0 Å². The van der Waals surface area contributed by atoms with E-state index < -0.39 is 5.97 Å². The van der Waals surface area contributed by atoms with Gasteiger partial charge in [-0.25, -0.2) is 4.98 Å². The smallest absolute Gasteiger partial charge is 0.323 e. The summed E-state index contributed by atoms with van der Waals surface area (Å²) in [6.45, 7) is 4.26. The first-order valence-electron chi connectivity index (χ1n) is 6.80. The zero-order valence-electron chi connectivity index (χ0n) is 11.5. The number of aromatic nitrogens is 2. The van der Waals surface area contributed by atoms with E-state index in [0.29, 0.717) is 0 Å². The van der Waals surface area contributed by atoms with Crippen LogP contribution < -0.4 is 0 Å². The van der Waals surface area contributed by atoms with Crippen LogP contribution in [0.1, 0.15) is 44.9 Å². The van der Waals surface area contributed by atoms with Crippen molar-refractivity contribution in [1.82, 2.24) is 9.55 Å². The summed E-state index contributed by atoms with van der Waals surface area (Å²) in [5.41, 5.74) is 1.78. The standard InChI is InChI=1S/C15H20N2O2/c1-3-4-7-11(2)15-16-12-8-5-6-9-13(12)17(15)10-14(18)19/h5-6,8-9,11H,3-4,7,10H2,1-2H3,(H,18,19). The molecule has 1 heterocycles. The number of hydrogen-bond acceptors (Lipinski definition) is 2. The van der Waals surface area contributed by atoms with Gasteiger partial charge < -0.3 is 9.67 Å². The van der Waals surface area contributed by atoms with Crippen LogP contribution in [0.5, 0.6) is 0 Å². The lowest BCUT2D eigenvalue weighted by molar-refractivity contribution is -0.137. The maximum Gasteiger partial charge on any atom is 0.323 e. The number of carboxylic acid groups (broad SMARTS) is 1. The fourth-order valence-corrected chi connectivity index (χ4v) is 2.41. The predicted molar refractivity (Wildman–Crippen MR) is 75.3 cm³/mol. The van der Waals surface area contributed by atoms with E-state index >= 15 is 0 Å². The molecule has 1 unspecified atom stereocenters. The summed E-state index contributed by atoms with van der Waals surface area (Å²) in [5.74, 6) is 0.343. The van der Waals surface area contributed by atoms with Gasteiger partial charge >= 0.3 is 5.97 Å². The molecule has 19 heavy (non-hydrogen) atoms. The quantitative estimate of drug-likeness (QED) is 0.865. The number of fused-ring (bicyclic) bond motifs is 1. The Hall–Kier alpha value is -1.84. The molecule has 4 heteroatoms. The molecular weight excluding hydrogens is 240 g/mol. The predicted octanol–water partition coefficient (Wildman–Crippen LogP) is 3.41. The molecule has 0 saturated heterocycles.